The van der Waals surface area contributed by atoms with E-state index in [9.17, 15) is 4.79 Å². The van der Waals surface area contributed by atoms with Crippen molar-refractivity contribution < 1.29 is 9.53 Å². The summed E-state index contributed by atoms with van der Waals surface area (Å²) in [4.78, 5) is 13.5. The Kier molecular flexibility index (Phi) is 3.50. The molecule has 0 radical (unpaired) electrons. The van der Waals surface area contributed by atoms with E-state index in [-0.39, 0.29) is 5.97 Å². The highest BCUT2D eigenvalue weighted by Crippen LogP contribution is 2.51. The highest BCUT2D eigenvalue weighted by molar-refractivity contribution is 5.69. The Hall–Kier alpha value is -1.01. The first-order valence-electron chi connectivity index (χ1n) is 6.10. The van der Waals surface area contributed by atoms with Crippen molar-refractivity contribution in [1.29, 1.82) is 0 Å². The van der Waals surface area contributed by atoms with Gasteiger partial charge in [-0.2, -0.15) is 0 Å². The maximum Gasteiger partial charge on any atom is 0.305 e. The molecule has 0 aromatic carbocycles. The van der Waals surface area contributed by atoms with Crippen molar-refractivity contribution in [3.05, 3.63) is 0 Å². The Morgan fingerprint density at radius 1 is 1.50 bits per heavy atom. The van der Waals surface area contributed by atoms with Gasteiger partial charge in [0.25, 0.3) is 0 Å². The Morgan fingerprint density at radius 2 is 2.19 bits per heavy atom. The SMILES string of the molecule is C#C[C@H]1[C@H]2CN(CCCC(=O)OCC)C[C@@H]12. The fraction of sp³-hybridized carbons (Fsp3) is 0.769. The van der Waals surface area contributed by atoms with Gasteiger partial charge in [0.15, 0.2) is 0 Å². The van der Waals surface area contributed by atoms with Gasteiger partial charge in [-0.1, -0.05) is 0 Å². The van der Waals surface area contributed by atoms with Crippen LogP contribution in [0.15, 0.2) is 0 Å². The molecule has 1 heterocycles. The van der Waals surface area contributed by atoms with Crippen LogP contribution in [0, 0.1) is 30.1 Å². The monoisotopic (exact) mass is 221 g/mol. The minimum atomic E-state index is -0.0756. The Bertz CT molecular complexity index is 296. The molecule has 2 rings (SSSR count). The molecule has 3 nitrogen and oxygen atoms in total. The lowest BCUT2D eigenvalue weighted by atomic mass is 10.2. The van der Waals surface area contributed by atoms with Crippen molar-refractivity contribution in [2.24, 2.45) is 17.8 Å². The topological polar surface area (TPSA) is 29.5 Å². The van der Waals surface area contributed by atoms with Gasteiger partial charge in [-0.05, 0) is 31.7 Å². The summed E-state index contributed by atoms with van der Waals surface area (Å²) < 4.78 is 4.89. The van der Waals surface area contributed by atoms with Crippen LogP contribution in [0.4, 0.5) is 0 Å². The van der Waals surface area contributed by atoms with Crippen LogP contribution in [-0.4, -0.2) is 37.1 Å². The number of esters is 1. The van der Waals surface area contributed by atoms with E-state index in [2.05, 4.69) is 10.8 Å². The van der Waals surface area contributed by atoms with Crippen molar-refractivity contribution in [3.63, 3.8) is 0 Å². The number of carbonyl (C=O) groups excluding carboxylic acids is 1. The molecule has 0 spiro atoms. The summed E-state index contributed by atoms with van der Waals surface area (Å²) in [6.45, 7) is 5.58. The Labute approximate surface area is 97.1 Å². The summed E-state index contributed by atoms with van der Waals surface area (Å²) in [5, 5.41) is 0. The molecular weight excluding hydrogens is 202 g/mol. The second-order valence-corrected chi connectivity index (χ2v) is 4.69. The second kappa shape index (κ2) is 4.88. The second-order valence-electron chi connectivity index (χ2n) is 4.69. The highest BCUT2D eigenvalue weighted by atomic mass is 16.5. The molecule has 0 unspecified atom stereocenters. The standard InChI is InChI=1S/C13H19NO2/c1-3-10-11-8-14(9-12(10)11)7-5-6-13(15)16-4-2/h1,10-12H,4-9H2,2H3/t10-,11+,12-. The van der Waals surface area contributed by atoms with Crippen molar-refractivity contribution >= 4 is 5.97 Å². The first kappa shape index (κ1) is 11.5. The number of likely N-dealkylation sites (tertiary alicyclic amines) is 1. The molecule has 2 aliphatic rings. The molecule has 16 heavy (non-hydrogen) atoms. The molecule has 0 N–H and O–H groups in total. The van der Waals surface area contributed by atoms with Crippen molar-refractivity contribution in [3.8, 4) is 12.3 Å². The van der Waals surface area contributed by atoms with Gasteiger partial charge < -0.3 is 9.64 Å². The fourth-order valence-electron chi connectivity index (χ4n) is 2.72. The summed E-state index contributed by atoms with van der Waals surface area (Å²) in [6, 6.07) is 0. The van der Waals surface area contributed by atoms with Gasteiger partial charge in [0.05, 0.1) is 6.61 Å². The van der Waals surface area contributed by atoms with Crippen LogP contribution < -0.4 is 0 Å². The fourth-order valence-corrected chi connectivity index (χ4v) is 2.72. The van der Waals surface area contributed by atoms with Gasteiger partial charge in [-0.25, -0.2) is 0 Å². The molecule has 0 aromatic rings. The number of fused-ring (bicyclic) bond motifs is 1. The third-order valence-corrected chi connectivity index (χ3v) is 3.62. The molecule has 0 aromatic heterocycles. The van der Waals surface area contributed by atoms with Crippen LogP contribution in [-0.2, 0) is 9.53 Å². The van der Waals surface area contributed by atoms with E-state index in [0.29, 0.717) is 18.9 Å². The van der Waals surface area contributed by atoms with E-state index in [4.69, 9.17) is 11.2 Å². The first-order chi connectivity index (χ1) is 7.76. The van der Waals surface area contributed by atoms with Crippen molar-refractivity contribution in [2.75, 3.05) is 26.2 Å². The zero-order valence-electron chi connectivity index (χ0n) is 9.82. The van der Waals surface area contributed by atoms with Gasteiger partial charge >= 0.3 is 5.97 Å². The van der Waals surface area contributed by atoms with E-state index >= 15 is 0 Å². The molecule has 1 aliphatic heterocycles. The van der Waals surface area contributed by atoms with Crippen molar-refractivity contribution in [2.45, 2.75) is 19.8 Å². The van der Waals surface area contributed by atoms with Crippen LogP contribution in [0.1, 0.15) is 19.8 Å². The van der Waals surface area contributed by atoms with Crippen LogP contribution in [0.3, 0.4) is 0 Å². The number of carbonyl (C=O) groups is 1. The summed E-state index contributed by atoms with van der Waals surface area (Å²) in [6.07, 6.45) is 6.85. The number of nitrogens with zero attached hydrogens (tertiary/aromatic N) is 1. The average Bonchev–Trinajstić information content (AvgIpc) is 2.73. The third kappa shape index (κ3) is 2.38. The third-order valence-electron chi connectivity index (χ3n) is 3.62. The normalized spacial score (nSPS) is 31.9. The van der Waals surface area contributed by atoms with Crippen LogP contribution in [0.25, 0.3) is 0 Å². The van der Waals surface area contributed by atoms with E-state index in [1.807, 2.05) is 6.92 Å². The minimum absolute atomic E-state index is 0.0756. The molecule has 1 saturated carbocycles. The maximum absolute atomic E-state index is 11.1. The van der Waals surface area contributed by atoms with Gasteiger partial charge in [-0.3, -0.25) is 4.79 Å². The number of piperidine rings is 1. The van der Waals surface area contributed by atoms with Crippen molar-refractivity contribution in [1.82, 2.24) is 4.90 Å². The van der Waals surface area contributed by atoms with Crippen LogP contribution in [0.2, 0.25) is 0 Å². The maximum atomic E-state index is 11.1. The minimum Gasteiger partial charge on any atom is -0.466 e. The largest absolute Gasteiger partial charge is 0.466 e. The van der Waals surface area contributed by atoms with Gasteiger partial charge in [0.2, 0.25) is 0 Å². The van der Waals surface area contributed by atoms with Crippen LogP contribution in [0.5, 0.6) is 0 Å². The quantitative estimate of drug-likeness (QED) is 0.515. The predicted molar refractivity (Wildman–Crippen MR) is 61.6 cm³/mol. The highest BCUT2D eigenvalue weighted by Gasteiger charge is 2.54. The number of hydrogen-bond donors (Lipinski definition) is 0. The van der Waals surface area contributed by atoms with Gasteiger partial charge in [-0.15, -0.1) is 12.3 Å². The Balaban J connectivity index is 1.57. The molecule has 3 atom stereocenters. The molecule has 1 aliphatic carbocycles. The Morgan fingerprint density at radius 3 is 2.75 bits per heavy atom. The van der Waals surface area contributed by atoms with E-state index < -0.39 is 0 Å². The molecule has 88 valence electrons. The summed E-state index contributed by atoms with van der Waals surface area (Å²) in [5.74, 6) is 4.81. The summed E-state index contributed by atoms with van der Waals surface area (Å²) >= 11 is 0. The molecule has 2 fully saturated rings. The van der Waals surface area contributed by atoms with Crippen LogP contribution >= 0.6 is 0 Å². The predicted octanol–water partition coefficient (Wildman–Crippen LogP) is 1.14. The van der Waals surface area contributed by atoms with E-state index in [1.165, 1.54) is 0 Å². The van der Waals surface area contributed by atoms with E-state index in [0.717, 1.165) is 37.9 Å². The van der Waals surface area contributed by atoms with Gasteiger partial charge in [0, 0.05) is 25.4 Å². The van der Waals surface area contributed by atoms with Gasteiger partial charge in [0.1, 0.15) is 0 Å². The average molecular weight is 221 g/mol. The molecule has 3 heteroatoms. The molecule has 0 amide bonds. The zero-order valence-corrected chi connectivity index (χ0v) is 9.82. The number of ether oxygens (including phenoxy) is 1. The number of terminal acetylenes is 1. The first-order valence-corrected chi connectivity index (χ1v) is 6.10. The number of hydrogen-bond acceptors (Lipinski definition) is 3. The molecular formula is C13H19NO2. The summed E-state index contributed by atoms with van der Waals surface area (Å²) in [5.41, 5.74) is 0. The lowest BCUT2D eigenvalue weighted by molar-refractivity contribution is -0.143. The lowest BCUT2D eigenvalue weighted by Gasteiger charge is -2.17. The smallest absolute Gasteiger partial charge is 0.305 e. The summed E-state index contributed by atoms with van der Waals surface area (Å²) in [7, 11) is 0. The zero-order chi connectivity index (χ0) is 11.5. The molecule has 1 saturated heterocycles. The molecule has 0 bridgehead atoms. The number of rotatable bonds is 5. The van der Waals surface area contributed by atoms with E-state index in [1.54, 1.807) is 0 Å². The lowest BCUT2D eigenvalue weighted by Crippen LogP contribution is -2.26.